The van der Waals surface area contributed by atoms with Crippen molar-refractivity contribution in [2.75, 3.05) is 5.32 Å². The molecule has 0 radical (unpaired) electrons. The molecule has 4 nitrogen and oxygen atoms in total. The van der Waals surface area contributed by atoms with Gasteiger partial charge in [0.15, 0.2) is 0 Å². The molecule has 0 heterocycles. The van der Waals surface area contributed by atoms with E-state index in [2.05, 4.69) is 5.32 Å². The zero-order chi connectivity index (χ0) is 14.7. The molecule has 102 valence electrons. The number of hydrogen-bond acceptors (Lipinski definition) is 2. The lowest BCUT2D eigenvalue weighted by Crippen LogP contribution is -2.16. The lowest BCUT2D eigenvalue weighted by Gasteiger charge is -2.09. The Labute approximate surface area is 124 Å². The highest BCUT2D eigenvalue weighted by molar-refractivity contribution is 6.36. The van der Waals surface area contributed by atoms with E-state index in [9.17, 15) is 9.59 Å². The van der Waals surface area contributed by atoms with E-state index in [1.807, 2.05) is 0 Å². The molecular weight excluding hydrogens is 301 g/mol. The highest BCUT2D eigenvalue weighted by Crippen LogP contribution is 2.26. The zero-order valence-electron chi connectivity index (χ0n) is 10.1. The third-order valence-corrected chi connectivity index (χ3v) is 3.13. The highest BCUT2D eigenvalue weighted by Gasteiger charge is 2.16. The Hall–Kier alpha value is -2.04. The molecule has 0 atom stereocenters. The number of anilines is 1. The number of carboxylic acid groups (broad SMARTS) is 1. The molecule has 2 rings (SSSR count). The van der Waals surface area contributed by atoms with E-state index < -0.39 is 11.9 Å². The Balaban J connectivity index is 2.31. The third kappa shape index (κ3) is 3.10. The Kier molecular flexibility index (Phi) is 4.27. The van der Waals surface area contributed by atoms with Crippen LogP contribution in [0.2, 0.25) is 10.0 Å². The fraction of sp³-hybridized carbons (Fsp3) is 0. The summed E-state index contributed by atoms with van der Waals surface area (Å²) in [6.07, 6.45) is 0. The zero-order valence-corrected chi connectivity index (χ0v) is 11.6. The largest absolute Gasteiger partial charge is 0.478 e. The van der Waals surface area contributed by atoms with Crippen LogP contribution in [-0.2, 0) is 0 Å². The molecule has 0 aromatic heterocycles. The Morgan fingerprint density at radius 3 is 2.25 bits per heavy atom. The summed E-state index contributed by atoms with van der Waals surface area (Å²) in [5, 5.41) is 12.3. The van der Waals surface area contributed by atoms with Crippen LogP contribution < -0.4 is 5.32 Å². The summed E-state index contributed by atoms with van der Waals surface area (Å²) in [6, 6.07) is 10.5. The van der Waals surface area contributed by atoms with Gasteiger partial charge in [-0.15, -0.1) is 0 Å². The van der Waals surface area contributed by atoms with Gasteiger partial charge in [0.25, 0.3) is 5.91 Å². The van der Waals surface area contributed by atoms with E-state index in [1.54, 1.807) is 24.3 Å². The van der Waals surface area contributed by atoms with E-state index in [4.69, 9.17) is 28.3 Å². The highest BCUT2D eigenvalue weighted by atomic mass is 35.5. The van der Waals surface area contributed by atoms with Crippen LogP contribution in [0.4, 0.5) is 5.69 Å². The molecule has 0 aliphatic carbocycles. The topological polar surface area (TPSA) is 66.4 Å². The molecule has 0 saturated heterocycles. The maximum Gasteiger partial charge on any atom is 0.336 e. The minimum atomic E-state index is -1.17. The quantitative estimate of drug-likeness (QED) is 0.902. The number of halogens is 2. The summed E-state index contributed by atoms with van der Waals surface area (Å²) in [5.74, 6) is -1.72. The first-order valence-electron chi connectivity index (χ1n) is 5.58. The molecular formula is C14H9Cl2NO3. The Morgan fingerprint density at radius 2 is 1.65 bits per heavy atom. The average molecular weight is 310 g/mol. The summed E-state index contributed by atoms with van der Waals surface area (Å²) in [6.45, 7) is 0. The first-order valence-corrected chi connectivity index (χ1v) is 6.33. The summed E-state index contributed by atoms with van der Waals surface area (Å²) in [7, 11) is 0. The lowest BCUT2D eigenvalue weighted by molar-refractivity contribution is 0.0692. The number of rotatable bonds is 3. The second-order valence-electron chi connectivity index (χ2n) is 3.93. The van der Waals surface area contributed by atoms with Crippen molar-refractivity contribution in [1.29, 1.82) is 0 Å². The molecule has 0 aliphatic rings. The van der Waals surface area contributed by atoms with Crippen LogP contribution in [0, 0.1) is 0 Å². The van der Waals surface area contributed by atoms with Crippen molar-refractivity contribution < 1.29 is 14.7 Å². The van der Waals surface area contributed by atoms with Crippen LogP contribution in [-0.4, -0.2) is 17.0 Å². The molecule has 0 aliphatic heterocycles. The minimum Gasteiger partial charge on any atom is -0.478 e. The van der Waals surface area contributed by atoms with E-state index in [1.165, 1.54) is 18.2 Å². The predicted molar refractivity (Wildman–Crippen MR) is 77.8 cm³/mol. The van der Waals surface area contributed by atoms with Crippen LogP contribution in [0.25, 0.3) is 0 Å². The number of aromatic carboxylic acids is 1. The van der Waals surface area contributed by atoms with Crippen molar-refractivity contribution in [3.05, 3.63) is 63.6 Å². The van der Waals surface area contributed by atoms with Crippen molar-refractivity contribution in [2.24, 2.45) is 0 Å². The van der Waals surface area contributed by atoms with Crippen LogP contribution in [0.1, 0.15) is 20.7 Å². The summed E-state index contributed by atoms with van der Waals surface area (Å²) in [5.41, 5.74) is 0.349. The maximum atomic E-state index is 12.1. The van der Waals surface area contributed by atoms with Crippen LogP contribution >= 0.6 is 23.2 Å². The van der Waals surface area contributed by atoms with Gasteiger partial charge in [-0.25, -0.2) is 4.79 Å². The second-order valence-corrected chi connectivity index (χ2v) is 4.77. The number of carbonyl (C=O) groups excluding carboxylic acids is 1. The van der Waals surface area contributed by atoms with Crippen molar-refractivity contribution in [1.82, 2.24) is 0 Å². The fourth-order valence-electron chi connectivity index (χ4n) is 1.65. The van der Waals surface area contributed by atoms with E-state index in [0.29, 0.717) is 10.7 Å². The second kappa shape index (κ2) is 5.94. The van der Waals surface area contributed by atoms with E-state index >= 15 is 0 Å². The molecule has 2 aromatic carbocycles. The number of carboxylic acids is 1. The van der Waals surface area contributed by atoms with Gasteiger partial charge in [0.2, 0.25) is 0 Å². The first-order chi connectivity index (χ1) is 9.49. The van der Waals surface area contributed by atoms with E-state index in [0.717, 1.165) is 0 Å². The van der Waals surface area contributed by atoms with Crippen molar-refractivity contribution in [3.63, 3.8) is 0 Å². The van der Waals surface area contributed by atoms with Crippen LogP contribution in [0.15, 0.2) is 42.5 Å². The van der Waals surface area contributed by atoms with Gasteiger partial charge in [0, 0.05) is 5.02 Å². The van der Waals surface area contributed by atoms with Gasteiger partial charge >= 0.3 is 5.97 Å². The first kappa shape index (κ1) is 14.4. The Bertz CT molecular complexity index is 686. The number of carbonyl (C=O) groups is 2. The molecule has 0 unspecified atom stereocenters. The van der Waals surface area contributed by atoms with Gasteiger partial charge < -0.3 is 10.4 Å². The van der Waals surface area contributed by atoms with Crippen LogP contribution in [0.5, 0.6) is 0 Å². The van der Waals surface area contributed by atoms with E-state index in [-0.39, 0.29) is 16.1 Å². The number of amides is 1. The number of benzene rings is 2. The molecule has 2 N–H and O–H groups in total. The van der Waals surface area contributed by atoms with Gasteiger partial charge in [-0.2, -0.15) is 0 Å². The molecule has 0 spiro atoms. The van der Waals surface area contributed by atoms with Gasteiger partial charge in [-0.1, -0.05) is 35.3 Å². The molecule has 1 amide bonds. The number of nitrogens with one attached hydrogen (secondary N) is 1. The summed E-state index contributed by atoms with van der Waals surface area (Å²) >= 11 is 11.7. The summed E-state index contributed by atoms with van der Waals surface area (Å²) in [4.78, 5) is 23.2. The van der Waals surface area contributed by atoms with Gasteiger partial charge in [-0.3, -0.25) is 4.79 Å². The molecule has 0 saturated carbocycles. The monoisotopic (exact) mass is 309 g/mol. The van der Waals surface area contributed by atoms with Crippen molar-refractivity contribution >= 4 is 40.8 Å². The normalized spacial score (nSPS) is 10.1. The van der Waals surface area contributed by atoms with Gasteiger partial charge in [-0.05, 0) is 30.3 Å². The van der Waals surface area contributed by atoms with Crippen LogP contribution in [0.3, 0.4) is 0 Å². The van der Waals surface area contributed by atoms with Crippen molar-refractivity contribution in [2.45, 2.75) is 0 Å². The Morgan fingerprint density at radius 1 is 1.00 bits per heavy atom. The van der Waals surface area contributed by atoms with Crippen molar-refractivity contribution in [3.8, 4) is 0 Å². The smallest absolute Gasteiger partial charge is 0.336 e. The third-order valence-electron chi connectivity index (χ3n) is 2.58. The summed E-state index contributed by atoms with van der Waals surface area (Å²) < 4.78 is 0. The average Bonchev–Trinajstić information content (AvgIpc) is 2.41. The molecule has 0 bridgehead atoms. The SMILES string of the molecule is O=C(O)c1ccccc1C(=O)Nc1ccc(Cl)cc1Cl. The molecule has 2 aromatic rings. The molecule has 0 fully saturated rings. The standard InChI is InChI=1S/C14H9Cl2NO3/c15-8-5-6-12(11(16)7-8)17-13(18)9-3-1-2-4-10(9)14(19)20/h1-7H,(H,17,18)(H,19,20). The van der Waals surface area contributed by atoms with Gasteiger partial charge in [0.05, 0.1) is 21.8 Å². The lowest BCUT2D eigenvalue weighted by atomic mass is 10.1. The predicted octanol–water partition coefficient (Wildman–Crippen LogP) is 3.94. The fourth-order valence-corrected chi connectivity index (χ4v) is 2.10. The minimum absolute atomic E-state index is 0.0611. The van der Waals surface area contributed by atoms with Gasteiger partial charge in [0.1, 0.15) is 0 Å². The molecule has 6 heteroatoms. The maximum absolute atomic E-state index is 12.1. The molecule has 20 heavy (non-hydrogen) atoms. The number of hydrogen-bond donors (Lipinski definition) is 2.